The standard InChI is InChI=1S/C19H21NO/c1-19(2,3)18(21)20-16(14-10-6-4-7-11-14)17(20)15-12-8-5-9-13-15/h4-13,16-17H,1-3H3/t16-,17+,20?. The van der Waals surface area contributed by atoms with E-state index in [9.17, 15) is 4.79 Å². The SMILES string of the molecule is CC(C)(C)C(=O)N1[C@H](c2ccccc2)[C@@H]1c1ccccc1. The van der Waals surface area contributed by atoms with Gasteiger partial charge in [-0.05, 0) is 11.1 Å². The van der Waals surface area contributed by atoms with Gasteiger partial charge in [-0.15, -0.1) is 0 Å². The van der Waals surface area contributed by atoms with Crippen LogP contribution in [0.2, 0.25) is 0 Å². The highest BCUT2D eigenvalue weighted by molar-refractivity contribution is 5.85. The van der Waals surface area contributed by atoms with E-state index in [2.05, 4.69) is 24.3 Å². The van der Waals surface area contributed by atoms with Gasteiger partial charge in [0, 0.05) is 5.41 Å². The van der Waals surface area contributed by atoms with Crippen LogP contribution in [0, 0.1) is 5.41 Å². The number of rotatable bonds is 2. The maximum absolute atomic E-state index is 12.7. The van der Waals surface area contributed by atoms with Crippen LogP contribution in [-0.2, 0) is 4.79 Å². The van der Waals surface area contributed by atoms with E-state index >= 15 is 0 Å². The van der Waals surface area contributed by atoms with Crippen molar-refractivity contribution in [3.8, 4) is 0 Å². The topological polar surface area (TPSA) is 20.1 Å². The number of hydrogen-bond acceptors (Lipinski definition) is 1. The predicted molar refractivity (Wildman–Crippen MR) is 84.7 cm³/mol. The molecule has 0 spiro atoms. The number of amides is 1. The van der Waals surface area contributed by atoms with E-state index < -0.39 is 0 Å². The summed E-state index contributed by atoms with van der Waals surface area (Å²) in [5.41, 5.74) is 2.07. The molecule has 2 atom stereocenters. The lowest BCUT2D eigenvalue weighted by molar-refractivity contribution is -0.134. The molecule has 0 aromatic heterocycles. The van der Waals surface area contributed by atoms with Crippen LogP contribution >= 0.6 is 0 Å². The molecule has 1 aliphatic rings. The quantitative estimate of drug-likeness (QED) is 0.748. The average molecular weight is 279 g/mol. The first-order chi connectivity index (χ1) is 10.00. The van der Waals surface area contributed by atoms with Gasteiger partial charge in [-0.3, -0.25) is 4.79 Å². The largest absolute Gasteiger partial charge is 0.323 e. The fourth-order valence-corrected chi connectivity index (χ4v) is 2.86. The van der Waals surface area contributed by atoms with Gasteiger partial charge < -0.3 is 4.90 Å². The summed E-state index contributed by atoms with van der Waals surface area (Å²) in [6, 6.07) is 20.9. The van der Waals surface area contributed by atoms with Crippen LogP contribution in [0.3, 0.4) is 0 Å². The number of hydrogen-bond donors (Lipinski definition) is 0. The Bertz CT molecular complexity index is 582. The molecule has 2 heteroatoms. The van der Waals surface area contributed by atoms with E-state index in [0.29, 0.717) is 0 Å². The van der Waals surface area contributed by atoms with Crippen LogP contribution in [0.5, 0.6) is 0 Å². The van der Waals surface area contributed by atoms with Crippen LogP contribution in [0.25, 0.3) is 0 Å². The Hall–Kier alpha value is -2.09. The highest BCUT2D eigenvalue weighted by Crippen LogP contribution is 2.56. The lowest BCUT2D eigenvalue weighted by Gasteiger charge is -2.18. The fourth-order valence-electron chi connectivity index (χ4n) is 2.86. The molecule has 0 aliphatic carbocycles. The Labute approximate surface area is 126 Å². The van der Waals surface area contributed by atoms with Crippen molar-refractivity contribution >= 4 is 5.91 Å². The van der Waals surface area contributed by atoms with Gasteiger partial charge in [-0.1, -0.05) is 81.4 Å². The first kappa shape index (κ1) is 13.9. The van der Waals surface area contributed by atoms with Crippen molar-refractivity contribution in [2.24, 2.45) is 5.41 Å². The molecule has 21 heavy (non-hydrogen) atoms. The maximum atomic E-state index is 12.7. The van der Waals surface area contributed by atoms with Crippen molar-refractivity contribution in [3.63, 3.8) is 0 Å². The lowest BCUT2D eigenvalue weighted by Crippen LogP contribution is -2.28. The Morgan fingerprint density at radius 2 is 1.19 bits per heavy atom. The van der Waals surface area contributed by atoms with Crippen molar-refractivity contribution in [1.82, 2.24) is 4.90 Å². The fraction of sp³-hybridized carbons (Fsp3) is 0.316. The molecule has 0 N–H and O–H groups in total. The second-order valence-corrected chi connectivity index (χ2v) is 6.67. The van der Waals surface area contributed by atoms with E-state index in [1.165, 1.54) is 11.1 Å². The van der Waals surface area contributed by atoms with Gasteiger partial charge >= 0.3 is 0 Å². The van der Waals surface area contributed by atoms with Crippen LogP contribution in [0.4, 0.5) is 0 Å². The Balaban J connectivity index is 1.95. The van der Waals surface area contributed by atoms with Crippen LogP contribution in [0.1, 0.15) is 44.0 Å². The van der Waals surface area contributed by atoms with Crippen molar-refractivity contribution in [2.45, 2.75) is 32.9 Å². The van der Waals surface area contributed by atoms with Gasteiger partial charge in [0.1, 0.15) is 0 Å². The Morgan fingerprint density at radius 3 is 1.52 bits per heavy atom. The van der Waals surface area contributed by atoms with E-state index in [1.54, 1.807) is 0 Å². The van der Waals surface area contributed by atoms with Crippen molar-refractivity contribution < 1.29 is 4.79 Å². The summed E-state index contributed by atoms with van der Waals surface area (Å²) in [5, 5.41) is 0. The summed E-state index contributed by atoms with van der Waals surface area (Å²) in [6.45, 7) is 5.95. The van der Waals surface area contributed by atoms with Gasteiger partial charge in [-0.25, -0.2) is 0 Å². The van der Waals surface area contributed by atoms with Crippen LogP contribution in [0.15, 0.2) is 60.7 Å². The van der Waals surface area contributed by atoms with E-state index in [0.717, 1.165) is 0 Å². The van der Waals surface area contributed by atoms with Crippen molar-refractivity contribution in [3.05, 3.63) is 71.8 Å². The third kappa shape index (κ3) is 2.58. The summed E-state index contributed by atoms with van der Waals surface area (Å²) in [6.07, 6.45) is 0. The number of carbonyl (C=O) groups excluding carboxylic acids is 1. The number of nitrogens with zero attached hydrogens (tertiary/aromatic N) is 1. The summed E-state index contributed by atoms with van der Waals surface area (Å²) >= 11 is 0. The Morgan fingerprint density at radius 1 is 0.810 bits per heavy atom. The first-order valence-electron chi connectivity index (χ1n) is 7.43. The minimum absolute atomic E-state index is 0.167. The smallest absolute Gasteiger partial charge is 0.229 e. The van der Waals surface area contributed by atoms with Crippen LogP contribution < -0.4 is 0 Å². The molecule has 1 heterocycles. The third-order valence-corrected chi connectivity index (χ3v) is 3.97. The molecule has 0 unspecified atom stereocenters. The minimum atomic E-state index is -0.351. The first-order valence-corrected chi connectivity index (χ1v) is 7.43. The molecular formula is C19H21NO. The van der Waals surface area contributed by atoms with Gasteiger partial charge in [0.25, 0.3) is 0 Å². The summed E-state index contributed by atoms with van der Waals surface area (Å²) in [5.74, 6) is 0.213. The zero-order valence-corrected chi connectivity index (χ0v) is 12.8. The second kappa shape index (κ2) is 5.03. The molecule has 0 radical (unpaired) electrons. The second-order valence-electron chi connectivity index (χ2n) is 6.67. The monoisotopic (exact) mass is 279 g/mol. The van der Waals surface area contributed by atoms with Gasteiger partial charge in [0.2, 0.25) is 5.91 Å². The van der Waals surface area contributed by atoms with Gasteiger partial charge in [-0.2, -0.15) is 0 Å². The molecular weight excluding hydrogens is 258 g/mol. The summed E-state index contributed by atoms with van der Waals surface area (Å²) in [7, 11) is 0. The maximum Gasteiger partial charge on any atom is 0.229 e. The molecule has 1 aliphatic heterocycles. The lowest BCUT2D eigenvalue weighted by atomic mass is 9.95. The average Bonchev–Trinajstić information content (AvgIpc) is 3.22. The van der Waals surface area contributed by atoms with E-state index in [-0.39, 0.29) is 23.4 Å². The van der Waals surface area contributed by atoms with Crippen molar-refractivity contribution in [2.75, 3.05) is 0 Å². The normalized spacial score (nSPS) is 21.2. The summed E-state index contributed by atoms with van der Waals surface area (Å²) in [4.78, 5) is 14.7. The molecule has 1 saturated heterocycles. The number of carbonyl (C=O) groups is 1. The predicted octanol–water partition coefficient (Wildman–Crippen LogP) is 4.36. The zero-order chi connectivity index (χ0) is 15.0. The molecule has 0 bridgehead atoms. The van der Waals surface area contributed by atoms with Crippen LogP contribution in [-0.4, -0.2) is 10.8 Å². The molecule has 2 aromatic rings. The molecule has 2 nitrogen and oxygen atoms in total. The molecule has 1 fully saturated rings. The van der Waals surface area contributed by atoms with Gasteiger partial charge in [0.15, 0.2) is 0 Å². The third-order valence-electron chi connectivity index (χ3n) is 3.97. The molecule has 3 rings (SSSR count). The molecule has 0 saturated carbocycles. The summed E-state index contributed by atoms with van der Waals surface area (Å²) < 4.78 is 0. The molecule has 108 valence electrons. The zero-order valence-electron chi connectivity index (χ0n) is 12.8. The highest BCUT2D eigenvalue weighted by Gasteiger charge is 2.54. The van der Waals surface area contributed by atoms with Crippen molar-refractivity contribution in [1.29, 1.82) is 0 Å². The van der Waals surface area contributed by atoms with Gasteiger partial charge in [0.05, 0.1) is 12.1 Å². The molecule has 1 amide bonds. The Kier molecular flexibility index (Phi) is 3.32. The highest BCUT2D eigenvalue weighted by atomic mass is 16.2. The van der Waals surface area contributed by atoms with E-state index in [4.69, 9.17) is 0 Å². The number of benzene rings is 2. The minimum Gasteiger partial charge on any atom is -0.323 e. The molecule has 2 aromatic carbocycles. The van der Waals surface area contributed by atoms with E-state index in [1.807, 2.05) is 62.1 Å².